The van der Waals surface area contributed by atoms with Crippen LogP contribution in [-0.2, 0) is 25.5 Å². The number of hydrogen-bond donors (Lipinski definition) is 1. The maximum absolute atomic E-state index is 13.7. The lowest BCUT2D eigenvalue weighted by molar-refractivity contribution is -0.148. The summed E-state index contributed by atoms with van der Waals surface area (Å²) in [5.41, 5.74) is 0.123. The molecule has 3 aromatic rings. The predicted molar refractivity (Wildman–Crippen MR) is 127 cm³/mol. The van der Waals surface area contributed by atoms with Gasteiger partial charge in [-0.15, -0.1) is 0 Å². The quantitative estimate of drug-likeness (QED) is 0.551. The highest BCUT2D eigenvalue weighted by atomic mass is 16.5. The van der Waals surface area contributed by atoms with E-state index in [9.17, 15) is 14.4 Å². The van der Waals surface area contributed by atoms with Gasteiger partial charge in [-0.2, -0.15) is 0 Å². The number of aromatic nitrogens is 2. The fraction of sp³-hybridized carbons (Fsp3) is 0.360. The number of rotatable bonds is 6. The standard InChI is InChI=1S/C25H28N4O5/c1-28(2)21-19(22(30)29-13-9-8-12-18(29)26-21)20-17(23(31)33-3)15-25(27-20,24(32)34-4)14-16-10-6-5-7-11-16/h5-13,17,20,27H,14-15H2,1-4H3/t17-,20-,25+/m0/s1. The van der Waals surface area contributed by atoms with Gasteiger partial charge in [-0.25, -0.2) is 4.98 Å². The summed E-state index contributed by atoms with van der Waals surface area (Å²) in [6, 6.07) is 13.9. The monoisotopic (exact) mass is 464 g/mol. The molecule has 1 fully saturated rings. The summed E-state index contributed by atoms with van der Waals surface area (Å²) in [5.74, 6) is -1.41. The lowest BCUT2D eigenvalue weighted by atomic mass is 9.85. The second kappa shape index (κ2) is 9.26. The van der Waals surface area contributed by atoms with Gasteiger partial charge in [0.25, 0.3) is 5.56 Å². The SMILES string of the molecule is COC(=O)[C@H]1C[C@](Cc2ccccc2)(C(=O)OC)N[C@@H]1c1c(N(C)C)nc2ccccn2c1=O. The van der Waals surface area contributed by atoms with E-state index in [4.69, 9.17) is 9.47 Å². The van der Waals surface area contributed by atoms with E-state index in [1.54, 1.807) is 43.4 Å². The molecule has 1 aliphatic heterocycles. The Bertz CT molecular complexity index is 1270. The number of pyridine rings is 1. The van der Waals surface area contributed by atoms with Crippen LogP contribution in [0.15, 0.2) is 59.5 Å². The fourth-order valence-electron chi connectivity index (χ4n) is 4.78. The van der Waals surface area contributed by atoms with Gasteiger partial charge in [0.1, 0.15) is 17.0 Å². The van der Waals surface area contributed by atoms with Crippen molar-refractivity contribution in [2.45, 2.75) is 24.4 Å². The Labute approximate surface area is 197 Å². The van der Waals surface area contributed by atoms with Gasteiger partial charge in [-0.3, -0.25) is 24.1 Å². The second-order valence-corrected chi connectivity index (χ2v) is 8.67. The summed E-state index contributed by atoms with van der Waals surface area (Å²) in [7, 11) is 6.18. The number of hydrogen-bond acceptors (Lipinski definition) is 8. The van der Waals surface area contributed by atoms with Crippen LogP contribution >= 0.6 is 0 Å². The number of esters is 2. The van der Waals surface area contributed by atoms with Crippen molar-refractivity contribution in [3.05, 3.63) is 76.2 Å². The first-order valence-corrected chi connectivity index (χ1v) is 11.0. The summed E-state index contributed by atoms with van der Waals surface area (Å²) in [4.78, 5) is 46.2. The molecule has 0 unspecified atom stereocenters. The van der Waals surface area contributed by atoms with Crippen molar-refractivity contribution >= 4 is 23.4 Å². The molecule has 1 aliphatic rings. The molecule has 34 heavy (non-hydrogen) atoms. The van der Waals surface area contributed by atoms with Crippen LogP contribution in [0.1, 0.15) is 23.6 Å². The first-order chi connectivity index (χ1) is 16.3. The van der Waals surface area contributed by atoms with Gasteiger partial charge in [0.2, 0.25) is 0 Å². The third-order valence-corrected chi connectivity index (χ3v) is 6.31. The minimum absolute atomic E-state index is 0.107. The van der Waals surface area contributed by atoms with E-state index >= 15 is 0 Å². The van der Waals surface area contributed by atoms with E-state index in [-0.39, 0.29) is 18.4 Å². The Kier molecular flexibility index (Phi) is 6.39. The molecule has 3 atom stereocenters. The molecular formula is C25H28N4O5. The molecule has 0 radical (unpaired) electrons. The van der Waals surface area contributed by atoms with Crippen LogP contribution in [0, 0.1) is 5.92 Å². The highest BCUT2D eigenvalue weighted by molar-refractivity contribution is 5.85. The minimum atomic E-state index is -1.23. The third kappa shape index (κ3) is 4.03. The maximum Gasteiger partial charge on any atom is 0.326 e. The van der Waals surface area contributed by atoms with Crippen molar-refractivity contribution in [3.63, 3.8) is 0 Å². The molecule has 4 rings (SSSR count). The Balaban J connectivity index is 1.91. The Morgan fingerprint density at radius 2 is 1.82 bits per heavy atom. The lowest BCUT2D eigenvalue weighted by Gasteiger charge is -2.28. The molecule has 9 nitrogen and oxygen atoms in total. The zero-order chi connectivity index (χ0) is 24.5. The van der Waals surface area contributed by atoms with Crippen LogP contribution in [0.2, 0.25) is 0 Å². The molecule has 0 amide bonds. The molecule has 1 N–H and O–H groups in total. The summed E-state index contributed by atoms with van der Waals surface area (Å²) < 4.78 is 11.7. The van der Waals surface area contributed by atoms with Crippen molar-refractivity contribution < 1.29 is 19.1 Å². The lowest BCUT2D eigenvalue weighted by Crippen LogP contribution is -2.51. The van der Waals surface area contributed by atoms with E-state index in [0.717, 1.165) is 5.56 Å². The number of benzene rings is 1. The van der Waals surface area contributed by atoms with Crippen molar-refractivity contribution in [2.75, 3.05) is 33.2 Å². The van der Waals surface area contributed by atoms with Gasteiger partial charge in [-0.1, -0.05) is 36.4 Å². The molecule has 0 saturated carbocycles. The zero-order valence-corrected chi connectivity index (χ0v) is 19.6. The summed E-state index contributed by atoms with van der Waals surface area (Å²) in [6.45, 7) is 0. The van der Waals surface area contributed by atoms with E-state index < -0.39 is 29.4 Å². The largest absolute Gasteiger partial charge is 0.469 e. The van der Waals surface area contributed by atoms with E-state index in [2.05, 4.69) is 10.3 Å². The van der Waals surface area contributed by atoms with E-state index in [0.29, 0.717) is 17.0 Å². The van der Waals surface area contributed by atoms with Crippen molar-refractivity contribution in [1.82, 2.24) is 14.7 Å². The van der Waals surface area contributed by atoms with Crippen LogP contribution < -0.4 is 15.8 Å². The number of fused-ring (bicyclic) bond motifs is 1. The number of anilines is 1. The normalized spacial score (nSPS) is 21.9. The van der Waals surface area contributed by atoms with Gasteiger partial charge in [0.15, 0.2) is 0 Å². The highest BCUT2D eigenvalue weighted by Gasteiger charge is 2.55. The Hall–Kier alpha value is -3.72. The topological polar surface area (TPSA) is 102 Å². The number of ether oxygens (including phenoxy) is 2. The Morgan fingerprint density at radius 1 is 1.12 bits per heavy atom. The van der Waals surface area contributed by atoms with Gasteiger partial charge in [0, 0.05) is 26.7 Å². The maximum atomic E-state index is 13.7. The van der Waals surface area contributed by atoms with Gasteiger partial charge in [0.05, 0.1) is 31.7 Å². The molecule has 1 saturated heterocycles. The highest BCUT2D eigenvalue weighted by Crippen LogP contribution is 2.42. The van der Waals surface area contributed by atoms with Crippen LogP contribution in [0.5, 0.6) is 0 Å². The first kappa shape index (κ1) is 23.4. The number of carbonyl (C=O) groups excluding carboxylic acids is 2. The average Bonchev–Trinajstić information content (AvgIpc) is 3.23. The van der Waals surface area contributed by atoms with Gasteiger partial charge in [-0.05, 0) is 24.1 Å². The Morgan fingerprint density at radius 3 is 2.47 bits per heavy atom. The molecule has 2 aromatic heterocycles. The predicted octanol–water partition coefficient (Wildman–Crippen LogP) is 1.74. The second-order valence-electron chi connectivity index (χ2n) is 8.67. The molecule has 1 aromatic carbocycles. The molecule has 9 heteroatoms. The summed E-state index contributed by atoms with van der Waals surface area (Å²) >= 11 is 0. The van der Waals surface area contributed by atoms with Gasteiger partial charge < -0.3 is 14.4 Å². The fourth-order valence-corrected chi connectivity index (χ4v) is 4.78. The third-order valence-electron chi connectivity index (χ3n) is 6.31. The summed E-state index contributed by atoms with van der Waals surface area (Å²) in [6.07, 6.45) is 2.02. The summed E-state index contributed by atoms with van der Waals surface area (Å²) in [5, 5.41) is 3.33. The van der Waals surface area contributed by atoms with Crippen molar-refractivity contribution in [1.29, 1.82) is 0 Å². The molecule has 178 valence electrons. The average molecular weight is 465 g/mol. The smallest absolute Gasteiger partial charge is 0.326 e. The number of nitrogens with one attached hydrogen (secondary N) is 1. The van der Waals surface area contributed by atoms with Crippen molar-refractivity contribution in [3.8, 4) is 0 Å². The molecular weight excluding hydrogens is 436 g/mol. The number of carbonyl (C=O) groups is 2. The van der Waals surface area contributed by atoms with Crippen LogP contribution in [0.3, 0.4) is 0 Å². The number of nitrogens with zero attached hydrogens (tertiary/aromatic N) is 3. The molecule has 0 aliphatic carbocycles. The first-order valence-electron chi connectivity index (χ1n) is 11.0. The van der Waals surface area contributed by atoms with Crippen molar-refractivity contribution in [2.24, 2.45) is 5.92 Å². The van der Waals surface area contributed by atoms with E-state index in [1.165, 1.54) is 18.6 Å². The molecule has 0 spiro atoms. The van der Waals surface area contributed by atoms with E-state index in [1.807, 2.05) is 30.3 Å². The van der Waals surface area contributed by atoms with Crippen LogP contribution in [0.4, 0.5) is 5.82 Å². The zero-order valence-electron chi connectivity index (χ0n) is 19.6. The van der Waals surface area contributed by atoms with Gasteiger partial charge >= 0.3 is 11.9 Å². The molecule has 3 heterocycles. The van der Waals surface area contributed by atoms with Crippen LogP contribution in [0.25, 0.3) is 5.65 Å². The van der Waals surface area contributed by atoms with Crippen LogP contribution in [-0.4, -0.2) is 55.2 Å². The number of methoxy groups -OCH3 is 2. The molecule has 0 bridgehead atoms. The minimum Gasteiger partial charge on any atom is -0.469 e.